The molecule has 5 heteroatoms. The summed E-state index contributed by atoms with van der Waals surface area (Å²) in [5.41, 5.74) is 0.648. The maximum absolute atomic E-state index is 11.6. The van der Waals surface area contributed by atoms with Crippen molar-refractivity contribution in [2.45, 2.75) is 12.5 Å². The van der Waals surface area contributed by atoms with E-state index in [9.17, 15) is 4.79 Å². The predicted octanol–water partition coefficient (Wildman–Crippen LogP) is 2.05. The fourth-order valence-corrected chi connectivity index (χ4v) is 1.92. The zero-order valence-electron chi connectivity index (χ0n) is 8.60. The molecule has 0 saturated carbocycles. The van der Waals surface area contributed by atoms with Gasteiger partial charge in [-0.25, -0.2) is 4.79 Å². The van der Waals surface area contributed by atoms with Crippen LogP contribution in [0.4, 0.5) is 10.5 Å². The minimum absolute atomic E-state index is 0.00824. The lowest BCUT2D eigenvalue weighted by atomic mass is 10.2. The van der Waals surface area contributed by atoms with Crippen LogP contribution in [0.2, 0.25) is 5.02 Å². The highest BCUT2D eigenvalue weighted by molar-refractivity contribution is 6.33. The molecule has 1 heterocycles. The van der Waals surface area contributed by atoms with Gasteiger partial charge in [-0.05, 0) is 12.1 Å². The van der Waals surface area contributed by atoms with Crippen LogP contribution < -0.4 is 4.90 Å². The molecule has 1 N–H and O–H groups in total. The molecule has 0 aromatic heterocycles. The number of halogens is 1. The number of nitrogens with zero attached hydrogens (tertiary/aromatic N) is 1. The first-order valence-corrected chi connectivity index (χ1v) is 5.43. The van der Waals surface area contributed by atoms with Gasteiger partial charge in [0.2, 0.25) is 0 Å². The van der Waals surface area contributed by atoms with Gasteiger partial charge >= 0.3 is 6.09 Å². The number of carbonyl (C=O) groups is 1. The van der Waals surface area contributed by atoms with Crippen molar-refractivity contribution in [2.24, 2.45) is 0 Å². The summed E-state index contributed by atoms with van der Waals surface area (Å²) in [6, 6.07) is 7.11. The number of carbonyl (C=O) groups excluding carboxylic acids is 1. The third kappa shape index (κ3) is 2.13. The number of aliphatic hydroxyl groups excluding tert-OH is 1. The van der Waals surface area contributed by atoms with E-state index >= 15 is 0 Å². The van der Waals surface area contributed by atoms with Crippen LogP contribution in [0.1, 0.15) is 6.42 Å². The molecule has 0 aliphatic carbocycles. The molecular weight excluding hydrogens is 230 g/mol. The number of ether oxygens (including phenoxy) is 1. The predicted molar refractivity (Wildman–Crippen MR) is 60.8 cm³/mol. The summed E-state index contributed by atoms with van der Waals surface area (Å²) in [6.45, 7) is 0.442. The Bertz CT molecular complexity index is 397. The second-order valence-electron chi connectivity index (χ2n) is 3.58. The second-order valence-corrected chi connectivity index (χ2v) is 3.99. The van der Waals surface area contributed by atoms with Crippen LogP contribution >= 0.6 is 11.6 Å². The molecule has 0 spiro atoms. The molecule has 2 rings (SSSR count). The summed E-state index contributed by atoms with van der Waals surface area (Å²) >= 11 is 6.00. The van der Waals surface area contributed by atoms with Crippen molar-refractivity contribution in [1.82, 2.24) is 0 Å². The third-order valence-corrected chi connectivity index (χ3v) is 2.79. The minimum atomic E-state index is -0.411. The lowest BCUT2D eigenvalue weighted by molar-refractivity contribution is 0.122. The van der Waals surface area contributed by atoms with Crippen LogP contribution in [0.3, 0.4) is 0 Å². The zero-order valence-corrected chi connectivity index (χ0v) is 9.35. The van der Waals surface area contributed by atoms with Crippen molar-refractivity contribution in [2.75, 3.05) is 18.1 Å². The van der Waals surface area contributed by atoms with E-state index in [4.69, 9.17) is 21.4 Å². The molecule has 1 amide bonds. The fraction of sp³-hybridized carbons (Fsp3) is 0.364. The Balaban J connectivity index is 2.17. The summed E-state index contributed by atoms with van der Waals surface area (Å²) < 4.78 is 5.09. The van der Waals surface area contributed by atoms with E-state index in [1.54, 1.807) is 18.2 Å². The van der Waals surface area contributed by atoms with Crippen molar-refractivity contribution >= 4 is 23.4 Å². The Kier molecular flexibility index (Phi) is 3.31. The zero-order chi connectivity index (χ0) is 11.5. The largest absolute Gasteiger partial charge is 0.444 e. The maximum atomic E-state index is 11.6. The summed E-state index contributed by atoms with van der Waals surface area (Å²) in [5.74, 6) is 0. The van der Waals surface area contributed by atoms with E-state index in [1.807, 2.05) is 6.07 Å². The van der Waals surface area contributed by atoms with Crippen molar-refractivity contribution in [3.63, 3.8) is 0 Å². The summed E-state index contributed by atoms with van der Waals surface area (Å²) in [4.78, 5) is 13.1. The lowest BCUT2D eigenvalue weighted by Crippen LogP contribution is -2.24. The Morgan fingerprint density at radius 3 is 2.94 bits per heavy atom. The molecule has 16 heavy (non-hydrogen) atoms. The van der Waals surface area contributed by atoms with E-state index in [0.717, 1.165) is 0 Å². The molecule has 1 atom stereocenters. The monoisotopic (exact) mass is 241 g/mol. The summed E-state index contributed by atoms with van der Waals surface area (Å²) in [6.07, 6.45) is -0.215. The quantitative estimate of drug-likeness (QED) is 0.881. The number of cyclic esters (lactones) is 1. The van der Waals surface area contributed by atoms with Crippen LogP contribution in [-0.2, 0) is 4.74 Å². The van der Waals surface area contributed by atoms with Crippen molar-refractivity contribution in [3.05, 3.63) is 29.3 Å². The van der Waals surface area contributed by atoms with E-state index in [1.165, 1.54) is 4.90 Å². The maximum Gasteiger partial charge on any atom is 0.414 e. The van der Waals surface area contributed by atoms with Gasteiger partial charge < -0.3 is 9.84 Å². The van der Waals surface area contributed by atoms with Crippen molar-refractivity contribution < 1.29 is 14.6 Å². The molecule has 86 valence electrons. The molecule has 0 bridgehead atoms. The van der Waals surface area contributed by atoms with Gasteiger partial charge in [-0.1, -0.05) is 23.7 Å². The molecule has 1 saturated heterocycles. The first-order chi connectivity index (χ1) is 7.72. The number of anilines is 1. The van der Waals surface area contributed by atoms with Crippen LogP contribution in [0.25, 0.3) is 0 Å². The number of aliphatic hydroxyl groups is 1. The van der Waals surface area contributed by atoms with Gasteiger partial charge in [0.25, 0.3) is 0 Å². The smallest absolute Gasteiger partial charge is 0.414 e. The number of hydrogen-bond donors (Lipinski definition) is 1. The molecule has 1 aliphatic heterocycles. The van der Waals surface area contributed by atoms with Gasteiger partial charge in [0, 0.05) is 13.0 Å². The van der Waals surface area contributed by atoms with Gasteiger partial charge in [-0.2, -0.15) is 0 Å². The molecule has 4 nitrogen and oxygen atoms in total. The van der Waals surface area contributed by atoms with E-state index < -0.39 is 6.09 Å². The highest BCUT2D eigenvalue weighted by atomic mass is 35.5. The molecule has 1 unspecified atom stereocenters. The van der Waals surface area contributed by atoms with Crippen molar-refractivity contribution in [1.29, 1.82) is 0 Å². The van der Waals surface area contributed by atoms with Gasteiger partial charge in [-0.15, -0.1) is 0 Å². The third-order valence-electron chi connectivity index (χ3n) is 2.47. The van der Waals surface area contributed by atoms with Crippen LogP contribution in [0.15, 0.2) is 24.3 Å². The Morgan fingerprint density at radius 1 is 1.50 bits per heavy atom. The molecule has 1 aromatic rings. The average molecular weight is 242 g/mol. The molecule has 1 aliphatic rings. The van der Waals surface area contributed by atoms with Crippen LogP contribution in [0.5, 0.6) is 0 Å². The molecule has 0 radical (unpaired) electrons. The Labute approximate surface area is 98.4 Å². The topological polar surface area (TPSA) is 49.8 Å². The second kappa shape index (κ2) is 4.72. The van der Waals surface area contributed by atoms with Crippen molar-refractivity contribution in [3.8, 4) is 0 Å². The highest BCUT2D eigenvalue weighted by Gasteiger charge is 2.32. The first-order valence-electron chi connectivity index (χ1n) is 5.06. The van der Waals surface area contributed by atoms with Gasteiger partial charge in [0.05, 0.1) is 17.3 Å². The summed E-state index contributed by atoms with van der Waals surface area (Å²) in [7, 11) is 0. The van der Waals surface area contributed by atoms with Gasteiger partial charge in [-0.3, -0.25) is 4.90 Å². The number of amides is 1. The SMILES string of the molecule is O=C1OC(CCO)CN1c1ccccc1Cl. The highest BCUT2D eigenvalue weighted by Crippen LogP contribution is 2.29. The van der Waals surface area contributed by atoms with E-state index in [0.29, 0.717) is 23.7 Å². The Hall–Kier alpha value is -1.26. The fourth-order valence-electron chi connectivity index (χ4n) is 1.68. The van der Waals surface area contributed by atoms with E-state index in [2.05, 4.69) is 0 Å². The Morgan fingerprint density at radius 2 is 2.25 bits per heavy atom. The number of hydrogen-bond acceptors (Lipinski definition) is 3. The number of benzene rings is 1. The van der Waals surface area contributed by atoms with Crippen LogP contribution in [0, 0.1) is 0 Å². The lowest BCUT2D eigenvalue weighted by Gasteiger charge is -2.14. The van der Waals surface area contributed by atoms with Crippen LogP contribution in [-0.4, -0.2) is 30.5 Å². The van der Waals surface area contributed by atoms with Gasteiger partial charge in [0.15, 0.2) is 0 Å². The average Bonchev–Trinajstić information content (AvgIpc) is 2.61. The van der Waals surface area contributed by atoms with E-state index in [-0.39, 0.29) is 12.7 Å². The summed E-state index contributed by atoms with van der Waals surface area (Å²) in [5, 5.41) is 9.31. The molecular formula is C11H12ClNO3. The molecule has 1 fully saturated rings. The standard InChI is InChI=1S/C11H12ClNO3/c12-9-3-1-2-4-10(9)13-7-8(5-6-14)16-11(13)15/h1-4,8,14H,5-7H2. The number of rotatable bonds is 3. The number of para-hydroxylation sites is 1. The minimum Gasteiger partial charge on any atom is -0.444 e. The normalized spacial score (nSPS) is 20.0. The first kappa shape index (κ1) is 11.2. The molecule has 1 aromatic carbocycles. The van der Waals surface area contributed by atoms with Gasteiger partial charge in [0.1, 0.15) is 6.10 Å².